The number of anilines is 2. The van der Waals surface area contributed by atoms with Crippen LogP contribution in [-0.4, -0.2) is 39.9 Å². The molecule has 1 saturated heterocycles. The fourth-order valence-electron chi connectivity index (χ4n) is 4.02. The Morgan fingerprint density at radius 3 is 2.26 bits per heavy atom. The van der Waals surface area contributed by atoms with Gasteiger partial charge in [0.2, 0.25) is 0 Å². The average molecular weight is 535 g/mol. The lowest BCUT2D eigenvalue weighted by Crippen LogP contribution is -2.37. The van der Waals surface area contributed by atoms with E-state index in [1.165, 1.54) is 29.0 Å². The molecule has 38 heavy (non-hydrogen) atoms. The zero-order chi connectivity index (χ0) is 27.1. The molecule has 0 spiro atoms. The topological polar surface area (TPSA) is 72.3 Å². The summed E-state index contributed by atoms with van der Waals surface area (Å²) in [5.41, 5.74) is -0.0187. The highest BCUT2D eigenvalue weighted by atomic mass is 19.4. The Balaban J connectivity index is 1.46. The van der Waals surface area contributed by atoms with Crippen LogP contribution in [0.15, 0.2) is 60.9 Å². The van der Waals surface area contributed by atoms with E-state index < -0.39 is 29.8 Å². The number of carbonyl (C=O) groups excluding carboxylic acids is 1. The number of halogens is 6. The molecule has 13 heteroatoms. The summed E-state index contributed by atoms with van der Waals surface area (Å²) >= 11 is 0. The molecule has 4 heterocycles. The summed E-state index contributed by atoms with van der Waals surface area (Å²) in [6, 6.07) is 10.5. The molecule has 0 atom stereocenters. The van der Waals surface area contributed by atoms with E-state index >= 15 is 0 Å². The smallest absolute Gasteiger partial charge is 0.406 e. The molecule has 0 aliphatic carbocycles. The Hall–Kier alpha value is -4.29. The van der Waals surface area contributed by atoms with Crippen LogP contribution in [0, 0.1) is 0 Å². The van der Waals surface area contributed by atoms with Gasteiger partial charge in [-0.2, -0.15) is 13.2 Å². The molecule has 0 bridgehead atoms. The molecule has 1 fully saturated rings. The van der Waals surface area contributed by atoms with Crippen LogP contribution in [0.4, 0.5) is 37.8 Å². The Bertz CT molecular complexity index is 1460. The van der Waals surface area contributed by atoms with Gasteiger partial charge in [-0.15, -0.1) is 13.2 Å². The maximum Gasteiger partial charge on any atom is 0.573 e. The number of hydrogen-bond acceptors (Lipinski definition) is 5. The van der Waals surface area contributed by atoms with Crippen LogP contribution in [0.2, 0.25) is 0 Å². The first-order valence-corrected chi connectivity index (χ1v) is 11.4. The molecule has 7 nitrogen and oxygen atoms in total. The number of hydrogen-bond donors (Lipinski definition) is 1. The van der Waals surface area contributed by atoms with E-state index in [1.54, 1.807) is 12.1 Å². The van der Waals surface area contributed by atoms with Gasteiger partial charge in [-0.1, -0.05) is 12.1 Å². The van der Waals surface area contributed by atoms with Gasteiger partial charge in [0, 0.05) is 31.2 Å². The predicted octanol–water partition coefficient (Wildman–Crippen LogP) is 5.86. The van der Waals surface area contributed by atoms with Gasteiger partial charge in [0.25, 0.3) is 5.91 Å². The number of aromatic nitrogens is 3. The maximum absolute atomic E-state index is 13.3. The second-order valence-electron chi connectivity index (χ2n) is 8.64. The average Bonchev–Trinajstić information content (AvgIpc) is 3.17. The van der Waals surface area contributed by atoms with Crippen LogP contribution in [0.1, 0.15) is 28.0 Å². The summed E-state index contributed by atoms with van der Waals surface area (Å²) in [7, 11) is 0. The van der Waals surface area contributed by atoms with Gasteiger partial charge in [-0.3, -0.25) is 4.79 Å². The standard InChI is InChI=1S/C25H19F6N5O2/c26-24(27,28)17-10-16-11-20(23(37)34-18-4-7-21(32-13-18)35-8-1-9-35)36(22(16)33-12-17)14-15-2-5-19(6-3-15)38-25(29,30)31/h2-7,10-13H,1,8-9,14H2,(H,34,37). The van der Waals surface area contributed by atoms with Crippen molar-refractivity contribution in [3.63, 3.8) is 0 Å². The second kappa shape index (κ2) is 9.54. The first-order valence-electron chi connectivity index (χ1n) is 11.4. The summed E-state index contributed by atoms with van der Waals surface area (Å²) in [5.74, 6) is -0.282. The Morgan fingerprint density at radius 2 is 1.68 bits per heavy atom. The fourth-order valence-corrected chi connectivity index (χ4v) is 4.02. The van der Waals surface area contributed by atoms with Gasteiger partial charge < -0.3 is 19.5 Å². The number of fused-ring (bicyclic) bond motifs is 1. The number of rotatable bonds is 6. The van der Waals surface area contributed by atoms with Crippen LogP contribution >= 0.6 is 0 Å². The van der Waals surface area contributed by atoms with Gasteiger partial charge in [0.05, 0.1) is 17.4 Å². The molecule has 1 aliphatic heterocycles. The zero-order valence-corrected chi connectivity index (χ0v) is 19.5. The molecule has 3 aromatic heterocycles. The molecular formula is C25H19F6N5O2. The van der Waals surface area contributed by atoms with E-state index in [4.69, 9.17) is 0 Å². The minimum Gasteiger partial charge on any atom is -0.406 e. The second-order valence-corrected chi connectivity index (χ2v) is 8.64. The summed E-state index contributed by atoms with van der Waals surface area (Å²) in [4.78, 5) is 23.5. The maximum atomic E-state index is 13.3. The van der Waals surface area contributed by atoms with Crippen molar-refractivity contribution in [3.8, 4) is 5.75 Å². The fraction of sp³-hybridized carbons (Fsp3) is 0.240. The van der Waals surface area contributed by atoms with Crippen molar-refractivity contribution in [2.24, 2.45) is 0 Å². The number of nitrogens with zero attached hydrogens (tertiary/aromatic N) is 4. The first kappa shape index (κ1) is 25.4. The summed E-state index contributed by atoms with van der Waals surface area (Å²) in [6.45, 7) is 1.74. The van der Waals surface area contributed by atoms with Crippen molar-refractivity contribution in [3.05, 3.63) is 77.7 Å². The number of alkyl halides is 6. The molecular weight excluding hydrogens is 516 g/mol. The Labute approximate surface area is 211 Å². The van der Waals surface area contributed by atoms with Gasteiger partial charge in [-0.25, -0.2) is 9.97 Å². The molecule has 1 aromatic carbocycles. The Morgan fingerprint density at radius 1 is 0.947 bits per heavy atom. The van der Waals surface area contributed by atoms with Crippen LogP contribution < -0.4 is 15.0 Å². The highest BCUT2D eigenvalue weighted by Crippen LogP contribution is 2.32. The SMILES string of the molecule is O=C(Nc1ccc(N2CCC2)nc1)c1cc2cc(C(F)(F)F)cnc2n1Cc1ccc(OC(F)(F)F)cc1. The van der Waals surface area contributed by atoms with E-state index in [9.17, 15) is 31.1 Å². The molecule has 1 N–H and O–H groups in total. The number of ether oxygens (including phenoxy) is 1. The lowest BCUT2D eigenvalue weighted by atomic mass is 10.2. The summed E-state index contributed by atoms with van der Waals surface area (Å²) in [5, 5.41) is 2.77. The zero-order valence-electron chi connectivity index (χ0n) is 19.5. The number of benzene rings is 1. The van der Waals surface area contributed by atoms with E-state index in [0.717, 1.165) is 43.5 Å². The van der Waals surface area contributed by atoms with Crippen LogP contribution in [0.5, 0.6) is 5.75 Å². The highest BCUT2D eigenvalue weighted by molar-refractivity contribution is 6.06. The van der Waals surface area contributed by atoms with Crippen LogP contribution in [0.3, 0.4) is 0 Å². The highest BCUT2D eigenvalue weighted by Gasteiger charge is 2.32. The molecule has 1 amide bonds. The van der Waals surface area contributed by atoms with Crippen LogP contribution in [0.25, 0.3) is 11.0 Å². The molecule has 198 valence electrons. The molecule has 0 saturated carbocycles. The lowest BCUT2D eigenvalue weighted by Gasteiger charge is -2.31. The third-order valence-corrected chi connectivity index (χ3v) is 5.98. The van der Waals surface area contributed by atoms with Gasteiger partial charge in [0.15, 0.2) is 0 Å². The van der Waals surface area contributed by atoms with Crippen molar-refractivity contribution in [2.45, 2.75) is 25.5 Å². The monoisotopic (exact) mass is 535 g/mol. The Kier molecular flexibility index (Phi) is 6.37. The van der Waals surface area contributed by atoms with E-state index in [2.05, 4.69) is 24.9 Å². The minimum atomic E-state index is -4.86. The molecule has 0 unspecified atom stereocenters. The molecule has 1 aliphatic rings. The normalized spacial score (nSPS) is 13.9. The molecule has 4 aromatic rings. The minimum absolute atomic E-state index is 0.00858. The molecule has 5 rings (SSSR count). The van der Waals surface area contributed by atoms with E-state index in [-0.39, 0.29) is 23.3 Å². The van der Waals surface area contributed by atoms with Crippen molar-refractivity contribution in [1.29, 1.82) is 0 Å². The first-order chi connectivity index (χ1) is 18.0. The van der Waals surface area contributed by atoms with Crippen molar-refractivity contribution in [1.82, 2.24) is 14.5 Å². The number of carbonyl (C=O) groups is 1. The number of pyridine rings is 2. The number of amides is 1. The van der Waals surface area contributed by atoms with Crippen molar-refractivity contribution < 1.29 is 35.9 Å². The van der Waals surface area contributed by atoms with Gasteiger partial charge >= 0.3 is 12.5 Å². The predicted molar refractivity (Wildman–Crippen MR) is 126 cm³/mol. The quantitative estimate of drug-likeness (QED) is 0.313. The summed E-state index contributed by atoms with van der Waals surface area (Å²) < 4.78 is 82.5. The number of nitrogens with one attached hydrogen (secondary N) is 1. The summed E-state index contributed by atoms with van der Waals surface area (Å²) in [6.07, 6.45) is -6.26. The van der Waals surface area contributed by atoms with E-state index in [0.29, 0.717) is 17.4 Å². The third-order valence-electron chi connectivity index (χ3n) is 5.98. The van der Waals surface area contributed by atoms with E-state index in [1.807, 2.05) is 0 Å². The lowest BCUT2D eigenvalue weighted by molar-refractivity contribution is -0.274. The van der Waals surface area contributed by atoms with Crippen LogP contribution in [-0.2, 0) is 12.7 Å². The van der Waals surface area contributed by atoms with Crippen molar-refractivity contribution in [2.75, 3.05) is 23.3 Å². The van der Waals surface area contributed by atoms with Gasteiger partial charge in [-0.05, 0) is 48.4 Å². The molecule has 0 radical (unpaired) electrons. The third kappa shape index (κ3) is 5.50. The largest absolute Gasteiger partial charge is 0.573 e. The van der Waals surface area contributed by atoms with Gasteiger partial charge in [0.1, 0.15) is 22.9 Å². The van der Waals surface area contributed by atoms with Crippen molar-refractivity contribution >= 4 is 28.4 Å².